The van der Waals surface area contributed by atoms with E-state index in [9.17, 15) is 17.4 Å². The number of hydrogen-bond donors (Lipinski definition) is 0. The molecule has 0 fully saturated rings. The highest BCUT2D eigenvalue weighted by Crippen LogP contribution is 2.24. The maximum absolute atomic E-state index is 11.8. The topological polar surface area (TPSA) is 38.7 Å². The van der Waals surface area contributed by atoms with Gasteiger partial charge in [0.2, 0.25) is 0 Å². The fourth-order valence-electron chi connectivity index (χ4n) is 0.895. The van der Waals surface area contributed by atoms with E-state index in [1.54, 1.807) is 6.92 Å². The van der Waals surface area contributed by atoms with Gasteiger partial charge in [0.05, 0.1) is 6.04 Å². The Balaban J connectivity index is 2.58. The van der Waals surface area contributed by atoms with Crippen LogP contribution in [0.2, 0.25) is 0 Å². The molecule has 0 aromatic rings. The standard InChI is InChI=1S/C7H8F3NO2S/c1-5-4-6(2-3-11-5)13-14(12)7(8,9)10/h3-5H,2H2,1H3. The van der Waals surface area contributed by atoms with Crippen molar-refractivity contribution in [3.63, 3.8) is 0 Å². The summed E-state index contributed by atoms with van der Waals surface area (Å²) in [6.45, 7) is 1.69. The summed E-state index contributed by atoms with van der Waals surface area (Å²) in [6, 6.07) is -0.232. The van der Waals surface area contributed by atoms with Crippen molar-refractivity contribution in [1.29, 1.82) is 0 Å². The fraction of sp³-hybridized carbons (Fsp3) is 0.571. The predicted molar refractivity (Wildman–Crippen MR) is 45.9 cm³/mol. The third-order valence-corrected chi connectivity index (χ3v) is 2.18. The molecule has 0 bridgehead atoms. The van der Waals surface area contributed by atoms with Gasteiger partial charge in [-0.25, -0.2) is 4.21 Å². The summed E-state index contributed by atoms with van der Waals surface area (Å²) in [6.07, 6.45) is 2.99. The molecule has 80 valence electrons. The number of alkyl halides is 3. The van der Waals surface area contributed by atoms with Gasteiger partial charge in [0.15, 0.2) is 0 Å². The Morgan fingerprint density at radius 2 is 2.29 bits per heavy atom. The van der Waals surface area contributed by atoms with Gasteiger partial charge < -0.3 is 4.18 Å². The van der Waals surface area contributed by atoms with Crippen LogP contribution in [0.3, 0.4) is 0 Å². The Labute approximate surface area is 81.3 Å². The van der Waals surface area contributed by atoms with Gasteiger partial charge in [0, 0.05) is 12.6 Å². The molecule has 2 unspecified atom stereocenters. The maximum Gasteiger partial charge on any atom is 0.508 e. The Morgan fingerprint density at radius 1 is 1.64 bits per heavy atom. The highest BCUT2D eigenvalue weighted by Gasteiger charge is 2.40. The van der Waals surface area contributed by atoms with Crippen molar-refractivity contribution in [2.24, 2.45) is 4.99 Å². The second-order valence-electron chi connectivity index (χ2n) is 2.67. The summed E-state index contributed by atoms with van der Waals surface area (Å²) in [5, 5.41) is 0. The molecule has 0 aliphatic carbocycles. The molecule has 1 rings (SSSR count). The first-order valence-electron chi connectivity index (χ1n) is 3.79. The zero-order valence-corrected chi connectivity index (χ0v) is 8.06. The molecule has 1 aliphatic rings. The van der Waals surface area contributed by atoms with Gasteiger partial charge in [-0.2, -0.15) is 13.2 Å². The lowest BCUT2D eigenvalue weighted by Crippen LogP contribution is -2.19. The van der Waals surface area contributed by atoms with Crippen LogP contribution in [0.4, 0.5) is 13.2 Å². The van der Waals surface area contributed by atoms with Crippen molar-refractivity contribution in [1.82, 2.24) is 0 Å². The van der Waals surface area contributed by atoms with Gasteiger partial charge in [-0.1, -0.05) is 0 Å². The molecule has 0 spiro atoms. The molecule has 1 aliphatic heterocycles. The second kappa shape index (κ2) is 4.12. The van der Waals surface area contributed by atoms with Gasteiger partial charge in [-0.15, -0.1) is 0 Å². The van der Waals surface area contributed by atoms with Crippen LogP contribution in [-0.4, -0.2) is 22.0 Å². The molecule has 2 atom stereocenters. The summed E-state index contributed by atoms with van der Waals surface area (Å²) >= 11 is -3.28. The number of hydrogen-bond acceptors (Lipinski definition) is 3. The monoisotopic (exact) mass is 227 g/mol. The first-order valence-corrected chi connectivity index (χ1v) is 4.86. The number of allylic oxidation sites excluding steroid dienone is 1. The molecule has 0 aromatic heterocycles. The van der Waals surface area contributed by atoms with Crippen molar-refractivity contribution >= 4 is 17.3 Å². The van der Waals surface area contributed by atoms with Crippen molar-refractivity contribution < 1.29 is 21.6 Å². The molecule has 0 amide bonds. The smallest absolute Gasteiger partial charge is 0.399 e. The summed E-state index contributed by atoms with van der Waals surface area (Å²) < 4.78 is 50.2. The van der Waals surface area contributed by atoms with Crippen molar-refractivity contribution in [2.75, 3.05) is 0 Å². The van der Waals surface area contributed by atoms with Crippen LogP contribution in [0, 0.1) is 0 Å². The van der Waals surface area contributed by atoms with Gasteiger partial charge in [-0.05, 0) is 13.0 Å². The van der Waals surface area contributed by atoms with Crippen LogP contribution in [0.5, 0.6) is 0 Å². The van der Waals surface area contributed by atoms with E-state index in [0.717, 1.165) is 0 Å². The number of halogens is 3. The SMILES string of the molecule is CC1C=C(OS(=O)C(F)(F)F)CC=N1. The minimum absolute atomic E-state index is 0.0446. The third kappa shape index (κ3) is 3.13. The molecule has 1 heterocycles. The van der Waals surface area contributed by atoms with Crippen LogP contribution < -0.4 is 0 Å². The molecule has 0 radical (unpaired) electrons. The lowest BCUT2D eigenvalue weighted by Gasteiger charge is -2.13. The molecule has 3 nitrogen and oxygen atoms in total. The summed E-state index contributed by atoms with van der Waals surface area (Å²) in [7, 11) is 0. The number of aliphatic imine (C=N–C) groups is 1. The van der Waals surface area contributed by atoms with Crippen LogP contribution in [0.1, 0.15) is 13.3 Å². The molecular formula is C7H8F3NO2S. The van der Waals surface area contributed by atoms with E-state index in [0.29, 0.717) is 0 Å². The minimum Gasteiger partial charge on any atom is -0.399 e. The highest BCUT2D eigenvalue weighted by molar-refractivity contribution is 7.81. The maximum atomic E-state index is 11.8. The highest BCUT2D eigenvalue weighted by atomic mass is 32.2. The largest absolute Gasteiger partial charge is 0.508 e. The lowest BCUT2D eigenvalue weighted by molar-refractivity contribution is -0.0456. The third-order valence-electron chi connectivity index (χ3n) is 1.43. The van der Waals surface area contributed by atoms with E-state index in [4.69, 9.17) is 0 Å². The van der Waals surface area contributed by atoms with Gasteiger partial charge in [0.25, 0.3) is 0 Å². The summed E-state index contributed by atoms with van der Waals surface area (Å²) in [5.41, 5.74) is -4.83. The molecule has 0 aromatic carbocycles. The number of nitrogens with zero attached hydrogens (tertiary/aromatic N) is 1. The van der Waals surface area contributed by atoms with Crippen molar-refractivity contribution in [2.45, 2.75) is 24.9 Å². The Hall–Kier alpha value is -0.850. The quantitative estimate of drug-likeness (QED) is 0.723. The van der Waals surface area contributed by atoms with E-state index >= 15 is 0 Å². The molecule has 0 saturated heterocycles. The first-order chi connectivity index (χ1) is 6.39. The van der Waals surface area contributed by atoms with Gasteiger partial charge >= 0.3 is 16.6 Å². The van der Waals surface area contributed by atoms with Crippen molar-refractivity contribution in [3.8, 4) is 0 Å². The fourth-order valence-corrected chi connectivity index (χ4v) is 1.31. The van der Waals surface area contributed by atoms with Crippen LogP contribution in [0.25, 0.3) is 0 Å². The Morgan fingerprint density at radius 3 is 2.79 bits per heavy atom. The predicted octanol–water partition coefficient (Wildman–Crippen LogP) is 1.93. The van der Waals surface area contributed by atoms with Crippen LogP contribution in [0.15, 0.2) is 16.8 Å². The first kappa shape index (κ1) is 11.2. The Kier molecular flexibility index (Phi) is 3.30. The molecule has 0 saturated carbocycles. The number of rotatable bonds is 2. The van der Waals surface area contributed by atoms with E-state index in [1.807, 2.05) is 0 Å². The second-order valence-corrected chi connectivity index (χ2v) is 3.77. The van der Waals surface area contributed by atoms with Crippen LogP contribution >= 0.6 is 0 Å². The summed E-state index contributed by atoms with van der Waals surface area (Å²) in [4.78, 5) is 3.89. The van der Waals surface area contributed by atoms with E-state index in [-0.39, 0.29) is 18.2 Å². The number of dihydropyridines is 1. The molecular weight excluding hydrogens is 219 g/mol. The average molecular weight is 227 g/mol. The molecule has 14 heavy (non-hydrogen) atoms. The van der Waals surface area contributed by atoms with E-state index in [2.05, 4.69) is 9.18 Å². The van der Waals surface area contributed by atoms with Crippen molar-refractivity contribution in [3.05, 3.63) is 11.8 Å². The zero-order chi connectivity index (χ0) is 10.8. The lowest BCUT2D eigenvalue weighted by atomic mass is 10.2. The van der Waals surface area contributed by atoms with Gasteiger partial charge in [-0.3, -0.25) is 4.99 Å². The normalized spacial score (nSPS) is 24.3. The van der Waals surface area contributed by atoms with E-state index in [1.165, 1.54) is 12.3 Å². The van der Waals surface area contributed by atoms with E-state index < -0.39 is 16.6 Å². The Bertz CT molecular complexity index is 298. The molecule has 7 heteroatoms. The van der Waals surface area contributed by atoms with Crippen LogP contribution in [-0.2, 0) is 15.3 Å². The summed E-state index contributed by atoms with van der Waals surface area (Å²) in [5.74, 6) is 0.0446. The average Bonchev–Trinajstić information content (AvgIpc) is 2.02. The zero-order valence-electron chi connectivity index (χ0n) is 7.25. The minimum atomic E-state index is -4.83. The molecule has 0 N–H and O–H groups in total. The van der Waals surface area contributed by atoms with Gasteiger partial charge in [0.1, 0.15) is 5.76 Å².